The first-order valence-electron chi connectivity index (χ1n) is 16.2. The molecule has 1 aliphatic heterocycles. The second-order valence-electron chi connectivity index (χ2n) is 15.1. The van der Waals surface area contributed by atoms with E-state index in [1.165, 1.54) is 27.8 Å². The lowest BCUT2D eigenvalue weighted by molar-refractivity contribution is 0.0657. The lowest BCUT2D eigenvalue weighted by atomic mass is 9.69. The van der Waals surface area contributed by atoms with Gasteiger partial charge in [0.2, 0.25) is 0 Å². The molecule has 41 heavy (non-hydrogen) atoms. The molecule has 4 heteroatoms. The second kappa shape index (κ2) is 13.3. The van der Waals surface area contributed by atoms with Crippen molar-refractivity contribution < 1.29 is 13.9 Å². The largest absolute Gasteiger partial charge is 0.491 e. The zero-order valence-electron chi connectivity index (χ0n) is 28.5. The van der Waals surface area contributed by atoms with Crippen molar-refractivity contribution in [2.75, 3.05) is 13.2 Å². The standard InChI is InChI=1S/C37H60O3Si/c1-13-37(14-2,31-20-21-33(28(4)25-31)39-26-32-16-15-23-38-32)30-19-17-29(27(3)24-30)18-22-34(35(5,6)7)40-41(11,12)36(8,9)10/h17,19-21,24-25,32,34H,13-16,18,22-23,26H2,1-12H3/t32-,34?/m0/s1. The van der Waals surface area contributed by atoms with Crippen LogP contribution >= 0.6 is 0 Å². The first-order valence-corrected chi connectivity index (χ1v) is 19.1. The smallest absolute Gasteiger partial charge is 0.192 e. The van der Waals surface area contributed by atoms with Gasteiger partial charge in [-0.25, -0.2) is 0 Å². The summed E-state index contributed by atoms with van der Waals surface area (Å²) in [7, 11) is -1.85. The highest BCUT2D eigenvalue weighted by molar-refractivity contribution is 6.74. The molecule has 0 spiro atoms. The van der Waals surface area contributed by atoms with E-state index in [1.54, 1.807) is 0 Å². The van der Waals surface area contributed by atoms with Crippen molar-refractivity contribution in [3.63, 3.8) is 0 Å². The van der Waals surface area contributed by atoms with E-state index in [0.717, 1.165) is 50.9 Å². The summed E-state index contributed by atoms with van der Waals surface area (Å²) in [6, 6.07) is 14.1. The minimum absolute atomic E-state index is 0.0134. The Balaban J connectivity index is 1.81. The molecule has 1 fully saturated rings. The summed E-state index contributed by atoms with van der Waals surface area (Å²) >= 11 is 0. The van der Waals surface area contributed by atoms with Gasteiger partial charge in [0.1, 0.15) is 12.4 Å². The molecule has 3 rings (SSSR count). The van der Waals surface area contributed by atoms with Crippen molar-refractivity contribution in [3.05, 3.63) is 64.2 Å². The molecule has 2 atom stereocenters. The van der Waals surface area contributed by atoms with Gasteiger partial charge in [-0.15, -0.1) is 0 Å². The Morgan fingerprint density at radius 1 is 0.902 bits per heavy atom. The van der Waals surface area contributed by atoms with Crippen molar-refractivity contribution in [2.24, 2.45) is 5.41 Å². The molecule has 0 bridgehead atoms. The van der Waals surface area contributed by atoms with Gasteiger partial charge in [-0.1, -0.05) is 85.7 Å². The summed E-state index contributed by atoms with van der Waals surface area (Å²) in [5, 5.41) is 0.213. The molecule has 1 heterocycles. The first-order chi connectivity index (χ1) is 19.0. The van der Waals surface area contributed by atoms with Gasteiger partial charge >= 0.3 is 0 Å². The molecule has 2 aromatic rings. The van der Waals surface area contributed by atoms with Crippen LogP contribution < -0.4 is 4.74 Å². The van der Waals surface area contributed by atoms with Crippen LogP contribution in [0.4, 0.5) is 0 Å². The maximum absolute atomic E-state index is 6.99. The number of rotatable bonds is 12. The maximum Gasteiger partial charge on any atom is 0.192 e. The predicted octanol–water partition coefficient (Wildman–Crippen LogP) is 10.3. The van der Waals surface area contributed by atoms with Crippen LogP contribution in [-0.4, -0.2) is 33.7 Å². The molecular weight excluding hydrogens is 520 g/mol. The highest BCUT2D eigenvalue weighted by Gasteiger charge is 2.41. The van der Waals surface area contributed by atoms with Gasteiger partial charge in [-0.3, -0.25) is 0 Å². The Kier molecular flexibility index (Phi) is 11.0. The topological polar surface area (TPSA) is 27.7 Å². The van der Waals surface area contributed by atoms with Crippen LogP contribution in [0.25, 0.3) is 0 Å². The number of benzene rings is 2. The Morgan fingerprint density at radius 3 is 2.00 bits per heavy atom. The minimum Gasteiger partial charge on any atom is -0.491 e. The molecule has 0 aliphatic carbocycles. The SMILES string of the molecule is CCC(CC)(c1ccc(CCC(O[Si](C)(C)C(C)(C)C)C(C)(C)C)c(C)c1)c1ccc(OC[C@@H]2CCCO2)c(C)c1. The third-order valence-corrected chi connectivity index (χ3v) is 14.6. The van der Waals surface area contributed by atoms with Crippen molar-refractivity contribution in [3.8, 4) is 5.75 Å². The van der Waals surface area contributed by atoms with E-state index in [0.29, 0.717) is 6.61 Å². The lowest BCUT2D eigenvalue weighted by Crippen LogP contribution is -2.47. The van der Waals surface area contributed by atoms with Gasteiger partial charge in [0, 0.05) is 12.0 Å². The molecule has 3 nitrogen and oxygen atoms in total. The highest BCUT2D eigenvalue weighted by Crippen LogP contribution is 2.42. The number of aryl methyl sites for hydroxylation is 3. The quantitative estimate of drug-likeness (QED) is 0.234. The van der Waals surface area contributed by atoms with Crippen LogP contribution in [0.5, 0.6) is 5.75 Å². The van der Waals surface area contributed by atoms with E-state index in [4.69, 9.17) is 13.9 Å². The third-order valence-electron chi connectivity index (χ3n) is 10.2. The molecule has 0 amide bonds. The summed E-state index contributed by atoms with van der Waals surface area (Å²) in [5.41, 5.74) is 6.93. The average molecular weight is 581 g/mol. The van der Waals surface area contributed by atoms with E-state index in [1.807, 2.05) is 0 Å². The zero-order valence-corrected chi connectivity index (χ0v) is 29.5. The Morgan fingerprint density at radius 2 is 1.51 bits per heavy atom. The van der Waals surface area contributed by atoms with Crippen LogP contribution in [0, 0.1) is 19.3 Å². The zero-order chi connectivity index (χ0) is 30.6. The lowest BCUT2D eigenvalue weighted by Gasteiger charge is -2.43. The normalized spacial score (nSPS) is 17.6. The predicted molar refractivity (Wildman–Crippen MR) is 178 cm³/mol. The number of hydrogen-bond acceptors (Lipinski definition) is 3. The van der Waals surface area contributed by atoms with Crippen LogP contribution in [0.1, 0.15) is 115 Å². The van der Waals surface area contributed by atoms with E-state index in [9.17, 15) is 0 Å². The van der Waals surface area contributed by atoms with Crippen molar-refractivity contribution in [1.82, 2.24) is 0 Å². The molecule has 0 N–H and O–H groups in total. The summed E-state index contributed by atoms with van der Waals surface area (Å²) in [6.07, 6.45) is 6.94. The van der Waals surface area contributed by atoms with Gasteiger partial charge in [0.15, 0.2) is 8.32 Å². The molecule has 2 aromatic carbocycles. The van der Waals surface area contributed by atoms with Crippen LogP contribution in [-0.2, 0) is 21.0 Å². The summed E-state index contributed by atoms with van der Waals surface area (Å²) in [6.45, 7) is 29.4. The van der Waals surface area contributed by atoms with Crippen molar-refractivity contribution in [1.29, 1.82) is 0 Å². The molecular formula is C37H60O3Si. The monoisotopic (exact) mass is 580 g/mol. The van der Waals surface area contributed by atoms with E-state index < -0.39 is 8.32 Å². The van der Waals surface area contributed by atoms with E-state index >= 15 is 0 Å². The fourth-order valence-electron chi connectivity index (χ4n) is 6.06. The molecule has 1 unspecified atom stereocenters. The summed E-state index contributed by atoms with van der Waals surface area (Å²) in [5.74, 6) is 0.977. The van der Waals surface area contributed by atoms with Gasteiger partial charge in [-0.2, -0.15) is 0 Å². The molecule has 0 saturated carbocycles. The maximum atomic E-state index is 6.99. The molecule has 230 valence electrons. The van der Waals surface area contributed by atoms with E-state index in [2.05, 4.69) is 119 Å². The van der Waals surface area contributed by atoms with Gasteiger partial charge in [-0.05, 0) is 110 Å². The average Bonchev–Trinajstić information content (AvgIpc) is 3.40. The van der Waals surface area contributed by atoms with Gasteiger partial charge in [0.25, 0.3) is 0 Å². The fraction of sp³-hybridized carbons (Fsp3) is 0.676. The van der Waals surface area contributed by atoms with Gasteiger partial charge in [0.05, 0.1) is 12.2 Å². The molecule has 1 aliphatic rings. The highest BCUT2D eigenvalue weighted by atomic mass is 28.4. The Hall–Kier alpha value is -1.62. The van der Waals surface area contributed by atoms with Crippen LogP contribution in [0.2, 0.25) is 18.1 Å². The first kappa shape index (κ1) is 33.9. The Labute approximate surface area is 253 Å². The fourth-order valence-corrected chi connectivity index (χ4v) is 7.60. The molecule has 0 radical (unpaired) electrons. The van der Waals surface area contributed by atoms with Gasteiger partial charge < -0.3 is 13.9 Å². The third kappa shape index (κ3) is 8.06. The number of hydrogen-bond donors (Lipinski definition) is 0. The van der Waals surface area contributed by atoms with E-state index in [-0.39, 0.29) is 28.1 Å². The van der Waals surface area contributed by atoms with Crippen LogP contribution in [0.3, 0.4) is 0 Å². The summed E-state index contributed by atoms with van der Waals surface area (Å²) < 4.78 is 18.9. The minimum atomic E-state index is -1.85. The van der Waals surface area contributed by atoms with Crippen LogP contribution in [0.15, 0.2) is 36.4 Å². The molecule has 1 saturated heterocycles. The summed E-state index contributed by atoms with van der Waals surface area (Å²) in [4.78, 5) is 0. The molecule has 0 aromatic heterocycles. The Bertz CT molecular complexity index is 1130. The number of ether oxygens (including phenoxy) is 2. The van der Waals surface area contributed by atoms with Crippen molar-refractivity contribution >= 4 is 8.32 Å². The second-order valence-corrected chi connectivity index (χ2v) is 19.9. The van der Waals surface area contributed by atoms with Crippen molar-refractivity contribution in [2.45, 2.75) is 144 Å².